The second-order valence-electron chi connectivity index (χ2n) is 6.63. The van der Waals surface area contributed by atoms with E-state index in [1.165, 1.54) is 22.9 Å². The van der Waals surface area contributed by atoms with E-state index in [0.29, 0.717) is 11.1 Å². The van der Waals surface area contributed by atoms with E-state index in [0.717, 1.165) is 22.6 Å². The van der Waals surface area contributed by atoms with Crippen molar-refractivity contribution in [3.05, 3.63) is 64.5 Å². The highest BCUT2D eigenvalue weighted by Crippen LogP contribution is 2.20. The largest absolute Gasteiger partial charge is 0.484 e. The van der Waals surface area contributed by atoms with Gasteiger partial charge in [0.1, 0.15) is 5.75 Å². The number of carbonyl (C=O) groups excluding carboxylic acids is 1. The minimum Gasteiger partial charge on any atom is -0.484 e. The third-order valence-corrected chi connectivity index (χ3v) is 5.22. The van der Waals surface area contributed by atoms with E-state index in [1.54, 1.807) is 0 Å². The molecule has 0 radical (unpaired) electrons. The Morgan fingerprint density at radius 3 is 2.43 bits per heavy atom. The molecule has 0 atom stereocenters. The summed E-state index contributed by atoms with van der Waals surface area (Å²) in [6.07, 6.45) is 0. The van der Waals surface area contributed by atoms with Crippen LogP contribution in [-0.4, -0.2) is 21.9 Å². The predicted octanol–water partition coefficient (Wildman–Crippen LogP) is 4.61. The molecule has 1 N–H and O–H groups in total. The highest BCUT2D eigenvalue weighted by atomic mass is 32.2. The summed E-state index contributed by atoms with van der Waals surface area (Å²) in [5.74, 6) is 1.19. The molecule has 0 aliphatic rings. The van der Waals surface area contributed by atoms with Crippen LogP contribution < -0.4 is 10.1 Å². The fourth-order valence-electron chi connectivity index (χ4n) is 2.45. The maximum absolute atomic E-state index is 12.1. The van der Waals surface area contributed by atoms with Crippen molar-refractivity contribution in [2.75, 3.05) is 11.1 Å². The Hall–Kier alpha value is -2.80. The van der Waals surface area contributed by atoms with E-state index in [1.807, 2.05) is 57.2 Å². The molecule has 2 aromatic carbocycles. The van der Waals surface area contributed by atoms with Crippen molar-refractivity contribution in [2.45, 2.75) is 39.5 Å². The number of nitrogens with zero attached hydrogens (tertiary/aromatic N) is 2. The van der Waals surface area contributed by atoms with Crippen LogP contribution in [0.5, 0.6) is 5.75 Å². The van der Waals surface area contributed by atoms with Crippen molar-refractivity contribution in [1.82, 2.24) is 10.2 Å². The number of rotatable bonds is 7. The molecular weight excluding hydrogens is 374 g/mol. The zero-order valence-corrected chi connectivity index (χ0v) is 17.2. The molecule has 0 fully saturated rings. The number of nitrogens with one attached hydrogen (secondary N) is 1. The van der Waals surface area contributed by atoms with Gasteiger partial charge in [-0.2, -0.15) is 0 Å². The van der Waals surface area contributed by atoms with Gasteiger partial charge in [0.2, 0.25) is 5.91 Å². The lowest BCUT2D eigenvalue weighted by atomic mass is 10.1. The van der Waals surface area contributed by atoms with E-state index in [4.69, 9.17) is 9.15 Å². The van der Waals surface area contributed by atoms with E-state index < -0.39 is 0 Å². The van der Waals surface area contributed by atoms with Gasteiger partial charge in [-0.15, -0.1) is 10.2 Å². The zero-order chi connectivity index (χ0) is 20.1. The van der Waals surface area contributed by atoms with E-state index >= 15 is 0 Å². The van der Waals surface area contributed by atoms with E-state index in [2.05, 4.69) is 22.4 Å². The van der Waals surface area contributed by atoms with Gasteiger partial charge in [0.25, 0.3) is 11.1 Å². The first kappa shape index (κ1) is 19.9. The monoisotopic (exact) mass is 397 g/mol. The summed E-state index contributed by atoms with van der Waals surface area (Å²) in [5.41, 5.74) is 5.48. The number of anilines is 1. The second kappa shape index (κ2) is 8.93. The fraction of sp³-hybridized carbons (Fsp3) is 0.286. The Labute approximate surface area is 168 Å². The van der Waals surface area contributed by atoms with Crippen molar-refractivity contribution in [2.24, 2.45) is 0 Å². The molecule has 3 aromatic rings. The average molecular weight is 398 g/mol. The number of hydrogen-bond donors (Lipinski definition) is 1. The number of carbonyl (C=O) groups is 1. The summed E-state index contributed by atoms with van der Waals surface area (Å²) < 4.78 is 11.2. The number of ether oxygens (including phenoxy) is 1. The molecule has 1 heterocycles. The molecule has 0 aliphatic carbocycles. The van der Waals surface area contributed by atoms with Crippen molar-refractivity contribution in [1.29, 1.82) is 0 Å². The maximum atomic E-state index is 12.1. The quantitative estimate of drug-likeness (QED) is 0.587. The Morgan fingerprint density at radius 1 is 1.00 bits per heavy atom. The third-order valence-electron chi connectivity index (χ3n) is 4.41. The van der Waals surface area contributed by atoms with Gasteiger partial charge in [-0.1, -0.05) is 23.9 Å². The highest BCUT2D eigenvalue weighted by Gasteiger charge is 2.11. The molecule has 1 amide bonds. The van der Waals surface area contributed by atoms with Gasteiger partial charge >= 0.3 is 0 Å². The minimum absolute atomic E-state index is 0.126. The Bertz CT molecular complexity index is 985. The molecule has 0 saturated heterocycles. The third kappa shape index (κ3) is 5.36. The van der Waals surface area contributed by atoms with Crippen molar-refractivity contribution in [3.8, 4) is 5.75 Å². The van der Waals surface area contributed by atoms with Crippen molar-refractivity contribution in [3.63, 3.8) is 0 Å². The number of hydrogen-bond acceptors (Lipinski definition) is 6. The molecule has 28 heavy (non-hydrogen) atoms. The zero-order valence-electron chi connectivity index (χ0n) is 16.4. The normalized spacial score (nSPS) is 10.7. The average Bonchev–Trinajstić information content (AvgIpc) is 3.12. The van der Waals surface area contributed by atoms with Crippen LogP contribution >= 0.6 is 11.8 Å². The van der Waals surface area contributed by atoms with Crippen LogP contribution in [0.1, 0.15) is 28.1 Å². The topological polar surface area (TPSA) is 77.2 Å². The first-order valence-electron chi connectivity index (χ1n) is 8.93. The summed E-state index contributed by atoms with van der Waals surface area (Å²) in [6.45, 7) is 8.32. The van der Waals surface area contributed by atoms with Crippen molar-refractivity contribution >= 4 is 23.4 Å². The Balaban J connectivity index is 1.48. The smallest absolute Gasteiger partial charge is 0.277 e. The van der Waals surface area contributed by atoms with Crippen LogP contribution in [0.15, 0.2) is 46.0 Å². The first-order valence-corrected chi connectivity index (χ1v) is 9.91. The number of benzene rings is 2. The van der Waals surface area contributed by atoms with E-state index in [-0.39, 0.29) is 18.3 Å². The lowest BCUT2D eigenvalue weighted by molar-refractivity contribution is -0.113. The standard InChI is InChI=1S/C21H23N3O3S/c1-13-5-7-17(9-15(13)3)22-19(25)12-28-21-24-23-20(27-21)11-26-18-8-6-14(2)16(4)10-18/h5-10H,11-12H2,1-4H3,(H,22,25). The van der Waals surface area contributed by atoms with Crippen molar-refractivity contribution < 1.29 is 13.9 Å². The van der Waals surface area contributed by atoms with E-state index in [9.17, 15) is 4.79 Å². The minimum atomic E-state index is -0.126. The summed E-state index contributed by atoms with van der Waals surface area (Å²) in [5, 5.41) is 11.1. The molecule has 0 aliphatic heterocycles. The lowest BCUT2D eigenvalue weighted by Gasteiger charge is -2.07. The van der Waals surface area contributed by atoms with Gasteiger partial charge in [0.05, 0.1) is 5.75 Å². The Kier molecular flexibility index (Phi) is 6.36. The number of thioether (sulfide) groups is 1. The molecule has 146 valence electrons. The fourth-order valence-corrected chi connectivity index (χ4v) is 3.03. The molecule has 1 aromatic heterocycles. The van der Waals surface area contributed by atoms with Gasteiger partial charge in [0.15, 0.2) is 6.61 Å². The summed E-state index contributed by atoms with van der Waals surface area (Å²) in [6, 6.07) is 11.7. The number of amides is 1. The van der Waals surface area contributed by atoms with Gasteiger partial charge < -0.3 is 14.5 Å². The van der Waals surface area contributed by atoms with Gasteiger partial charge in [0, 0.05) is 5.69 Å². The Morgan fingerprint density at radius 2 is 1.71 bits per heavy atom. The van der Waals surface area contributed by atoms with Crippen LogP contribution in [0.4, 0.5) is 5.69 Å². The molecule has 0 saturated carbocycles. The summed E-state index contributed by atoms with van der Waals surface area (Å²) in [7, 11) is 0. The van der Waals surface area contributed by atoms with Crippen LogP contribution in [0.3, 0.4) is 0 Å². The molecule has 3 rings (SSSR count). The summed E-state index contributed by atoms with van der Waals surface area (Å²) in [4.78, 5) is 12.1. The van der Waals surface area contributed by atoms with Gasteiger partial charge in [-0.25, -0.2) is 0 Å². The van der Waals surface area contributed by atoms with Crippen LogP contribution in [0, 0.1) is 27.7 Å². The second-order valence-corrected chi connectivity index (χ2v) is 7.56. The maximum Gasteiger partial charge on any atom is 0.277 e. The van der Waals surface area contributed by atoms with Gasteiger partial charge in [-0.05, 0) is 74.2 Å². The predicted molar refractivity (Wildman–Crippen MR) is 110 cm³/mol. The highest BCUT2D eigenvalue weighted by molar-refractivity contribution is 7.99. The molecule has 0 spiro atoms. The number of aromatic nitrogens is 2. The molecule has 6 nitrogen and oxygen atoms in total. The van der Waals surface area contributed by atoms with Gasteiger partial charge in [-0.3, -0.25) is 4.79 Å². The SMILES string of the molecule is Cc1ccc(NC(=O)CSc2nnc(COc3ccc(C)c(C)c3)o2)cc1C. The summed E-state index contributed by atoms with van der Waals surface area (Å²) >= 11 is 1.19. The molecular formula is C21H23N3O3S. The molecule has 7 heteroatoms. The molecule has 0 bridgehead atoms. The van der Waals surface area contributed by atoms with Crippen LogP contribution in [0.2, 0.25) is 0 Å². The molecule has 0 unspecified atom stereocenters. The number of aryl methyl sites for hydroxylation is 4. The van der Waals surface area contributed by atoms with Crippen LogP contribution in [0.25, 0.3) is 0 Å². The first-order chi connectivity index (χ1) is 13.4. The van der Waals surface area contributed by atoms with Crippen LogP contribution in [-0.2, 0) is 11.4 Å². The lowest BCUT2D eigenvalue weighted by Crippen LogP contribution is -2.14.